The van der Waals surface area contributed by atoms with Gasteiger partial charge in [0.05, 0.1) is 23.4 Å². The van der Waals surface area contributed by atoms with Crippen LogP contribution in [-0.2, 0) is 16.1 Å². The first-order chi connectivity index (χ1) is 17.3. The molecule has 0 unspecified atom stereocenters. The van der Waals surface area contributed by atoms with Crippen LogP contribution in [0, 0.1) is 11.6 Å². The van der Waals surface area contributed by atoms with E-state index < -0.39 is 40.4 Å². The van der Waals surface area contributed by atoms with Crippen molar-refractivity contribution in [1.29, 1.82) is 0 Å². The summed E-state index contributed by atoms with van der Waals surface area (Å²) in [5.74, 6) is -3.06. The lowest BCUT2D eigenvalue weighted by molar-refractivity contribution is 0.0524. The normalized spacial score (nSPS) is 10.8. The first kappa shape index (κ1) is 24.8. The molecule has 0 spiro atoms. The van der Waals surface area contributed by atoms with Crippen LogP contribution in [0.4, 0.5) is 19.3 Å². The van der Waals surface area contributed by atoms with Crippen molar-refractivity contribution in [3.05, 3.63) is 98.9 Å². The molecule has 36 heavy (non-hydrogen) atoms. The molecule has 0 aliphatic carbocycles. The molecule has 0 bridgehead atoms. The fourth-order valence-electron chi connectivity index (χ4n) is 3.41. The van der Waals surface area contributed by atoms with E-state index in [0.717, 1.165) is 16.8 Å². The Bertz CT molecular complexity index is 1530. The van der Waals surface area contributed by atoms with Gasteiger partial charge in [0.15, 0.2) is 0 Å². The van der Waals surface area contributed by atoms with E-state index in [1.54, 1.807) is 37.3 Å². The van der Waals surface area contributed by atoms with Crippen LogP contribution in [0.15, 0.2) is 65.6 Å². The average molecular weight is 514 g/mol. The predicted octanol–water partition coefficient (Wildman–Crippen LogP) is 5.24. The summed E-state index contributed by atoms with van der Waals surface area (Å²) in [6.07, 6.45) is 0.0493. The van der Waals surface area contributed by atoms with Gasteiger partial charge in [0.1, 0.15) is 34.6 Å². The molecular weight excluding hydrogens is 496 g/mol. The summed E-state index contributed by atoms with van der Waals surface area (Å²) in [5, 5.41) is 2.17. The van der Waals surface area contributed by atoms with Crippen LogP contribution in [0.3, 0.4) is 0 Å². The molecule has 2 heterocycles. The molecule has 2 aromatic heterocycles. The summed E-state index contributed by atoms with van der Waals surface area (Å²) in [4.78, 5) is 41.6. The van der Waals surface area contributed by atoms with Gasteiger partial charge in [-0.2, -0.15) is 0 Å². The van der Waals surface area contributed by atoms with Crippen molar-refractivity contribution in [1.82, 2.24) is 9.55 Å². The summed E-state index contributed by atoms with van der Waals surface area (Å²) >= 11 is 5.99. The van der Waals surface area contributed by atoms with Gasteiger partial charge in [0.2, 0.25) is 5.43 Å². The van der Waals surface area contributed by atoms with Gasteiger partial charge in [0, 0.05) is 12.3 Å². The number of aromatic nitrogens is 2. The van der Waals surface area contributed by atoms with Crippen molar-refractivity contribution >= 4 is 40.4 Å². The van der Waals surface area contributed by atoms with Crippen LogP contribution in [0.5, 0.6) is 0 Å². The fraction of sp³-hybridized carbons (Fsp3) is 0.120. The number of esters is 1. The highest BCUT2D eigenvalue weighted by Gasteiger charge is 2.21. The lowest BCUT2D eigenvalue weighted by Gasteiger charge is -2.15. The van der Waals surface area contributed by atoms with E-state index in [2.05, 4.69) is 10.3 Å². The topological polar surface area (TPSA) is 99.5 Å². The van der Waals surface area contributed by atoms with Gasteiger partial charge in [-0.1, -0.05) is 41.9 Å². The van der Waals surface area contributed by atoms with Crippen molar-refractivity contribution < 1.29 is 27.8 Å². The maximum atomic E-state index is 15.0. The van der Waals surface area contributed by atoms with Crippen molar-refractivity contribution in [3.63, 3.8) is 0 Å². The first-order valence-corrected chi connectivity index (χ1v) is 11.0. The third-order valence-electron chi connectivity index (χ3n) is 5.06. The molecule has 4 rings (SSSR count). The minimum absolute atomic E-state index is 0.000745. The number of anilines is 1. The SMILES string of the molecule is CCOC(=O)c1cn(-c2cc(NC(=O)OCc3ccccc3)c(F)cc2F)c2nc(Cl)ccc2c1=O. The van der Waals surface area contributed by atoms with Crippen LogP contribution in [0.1, 0.15) is 22.8 Å². The number of fused-ring (bicyclic) bond motifs is 1. The number of rotatable bonds is 6. The molecule has 0 saturated heterocycles. The number of carbonyl (C=O) groups excluding carboxylic acids is 2. The molecule has 8 nitrogen and oxygen atoms in total. The van der Waals surface area contributed by atoms with E-state index in [1.165, 1.54) is 12.1 Å². The second-order valence-electron chi connectivity index (χ2n) is 7.44. The smallest absolute Gasteiger partial charge is 0.412 e. The summed E-state index contributed by atoms with van der Waals surface area (Å²) in [5.41, 5.74) is -1.20. The molecule has 0 atom stereocenters. The van der Waals surface area contributed by atoms with E-state index in [4.69, 9.17) is 21.1 Å². The lowest BCUT2D eigenvalue weighted by Crippen LogP contribution is -2.21. The van der Waals surface area contributed by atoms with Gasteiger partial charge < -0.3 is 9.47 Å². The maximum absolute atomic E-state index is 15.0. The Kier molecular flexibility index (Phi) is 7.25. The molecule has 1 N–H and O–H groups in total. The zero-order valence-corrected chi connectivity index (χ0v) is 19.5. The summed E-state index contributed by atoms with van der Waals surface area (Å²) in [6.45, 7) is 1.49. The average Bonchev–Trinajstić information content (AvgIpc) is 2.85. The van der Waals surface area contributed by atoms with Gasteiger partial charge in [-0.25, -0.2) is 23.4 Å². The van der Waals surface area contributed by atoms with E-state index in [9.17, 15) is 23.2 Å². The number of amides is 1. The number of benzene rings is 2. The minimum Gasteiger partial charge on any atom is -0.462 e. The molecule has 0 radical (unpaired) electrons. The highest BCUT2D eigenvalue weighted by atomic mass is 35.5. The number of nitrogens with one attached hydrogen (secondary N) is 1. The van der Waals surface area contributed by atoms with Crippen molar-refractivity contribution in [2.45, 2.75) is 13.5 Å². The van der Waals surface area contributed by atoms with Crippen LogP contribution in [-0.4, -0.2) is 28.2 Å². The molecule has 184 valence electrons. The van der Waals surface area contributed by atoms with Crippen molar-refractivity contribution in [3.8, 4) is 5.69 Å². The zero-order valence-electron chi connectivity index (χ0n) is 18.8. The Labute approximate surface area is 208 Å². The van der Waals surface area contributed by atoms with Gasteiger partial charge in [-0.3, -0.25) is 14.7 Å². The molecule has 1 amide bonds. The Balaban J connectivity index is 1.76. The maximum Gasteiger partial charge on any atom is 0.412 e. The summed E-state index contributed by atoms with van der Waals surface area (Å²) in [7, 11) is 0. The molecule has 11 heteroatoms. The standard InChI is InChI=1S/C25H18ClF2N3O5/c1-2-35-24(33)16-12-31(23-15(22(16)32)8-9-21(26)30-23)20-11-19(17(27)10-18(20)28)29-25(34)36-13-14-6-4-3-5-7-14/h3-12H,2,13H2,1H3,(H,29,34). The van der Waals surface area contributed by atoms with Crippen LogP contribution in [0.2, 0.25) is 5.15 Å². The third kappa shape index (κ3) is 5.18. The first-order valence-electron chi connectivity index (χ1n) is 10.6. The number of pyridine rings is 2. The number of carbonyl (C=O) groups is 2. The Hall–Kier alpha value is -4.31. The Morgan fingerprint density at radius 2 is 1.81 bits per heavy atom. The highest BCUT2D eigenvalue weighted by molar-refractivity contribution is 6.29. The van der Waals surface area contributed by atoms with E-state index in [1.807, 2.05) is 0 Å². The van der Waals surface area contributed by atoms with Gasteiger partial charge in [-0.15, -0.1) is 0 Å². The molecule has 4 aromatic rings. The number of ether oxygens (including phenoxy) is 2. The second kappa shape index (κ2) is 10.5. The molecule has 0 aliphatic rings. The second-order valence-corrected chi connectivity index (χ2v) is 7.82. The summed E-state index contributed by atoms with van der Waals surface area (Å²) < 4.78 is 40.6. The summed E-state index contributed by atoms with van der Waals surface area (Å²) in [6, 6.07) is 13.0. The van der Waals surface area contributed by atoms with E-state index in [0.29, 0.717) is 11.6 Å². The fourth-order valence-corrected chi connectivity index (χ4v) is 3.55. The van der Waals surface area contributed by atoms with E-state index in [-0.39, 0.29) is 35.1 Å². The Morgan fingerprint density at radius 3 is 2.53 bits per heavy atom. The molecular formula is C25H18ClF2N3O5. The number of nitrogens with zero attached hydrogens (tertiary/aromatic N) is 2. The predicted molar refractivity (Wildman–Crippen MR) is 128 cm³/mol. The van der Waals surface area contributed by atoms with Crippen LogP contribution in [0.25, 0.3) is 16.7 Å². The molecule has 0 aliphatic heterocycles. The van der Waals surface area contributed by atoms with Crippen LogP contribution < -0.4 is 10.7 Å². The zero-order chi connectivity index (χ0) is 25.8. The van der Waals surface area contributed by atoms with Crippen molar-refractivity contribution in [2.24, 2.45) is 0 Å². The van der Waals surface area contributed by atoms with Crippen LogP contribution >= 0.6 is 11.6 Å². The highest BCUT2D eigenvalue weighted by Crippen LogP contribution is 2.26. The monoisotopic (exact) mass is 513 g/mol. The quantitative estimate of drug-likeness (QED) is 0.279. The molecule has 2 aromatic carbocycles. The van der Waals surface area contributed by atoms with Gasteiger partial charge in [0.25, 0.3) is 0 Å². The molecule has 0 saturated carbocycles. The lowest BCUT2D eigenvalue weighted by atomic mass is 10.1. The minimum atomic E-state index is -1.07. The largest absolute Gasteiger partial charge is 0.462 e. The number of halogens is 3. The number of hydrogen-bond acceptors (Lipinski definition) is 6. The Morgan fingerprint density at radius 1 is 1.06 bits per heavy atom. The van der Waals surface area contributed by atoms with Gasteiger partial charge in [-0.05, 0) is 30.7 Å². The molecule has 0 fully saturated rings. The third-order valence-corrected chi connectivity index (χ3v) is 5.27. The number of hydrogen-bond donors (Lipinski definition) is 1. The van der Waals surface area contributed by atoms with Gasteiger partial charge >= 0.3 is 12.1 Å². The van der Waals surface area contributed by atoms with Crippen molar-refractivity contribution in [2.75, 3.05) is 11.9 Å². The van der Waals surface area contributed by atoms with E-state index >= 15 is 0 Å².